The van der Waals surface area contributed by atoms with E-state index in [2.05, 4.69) is 28.3 Å². The van der Waals surface area contributed by atoms with Gasteiger partial charge in [0.05, 0.1) is 12.3 Å². The first-order valence-corrected chi connectivity index (χ1v) is 6.24. The van der Waals surface area contributed by atoms with Gasteiger partial charge in [-0.15, -0.1) is 11.8 Å². The molecule has 0 saturated carbocycles. The molecule has 1 atom stereocenters. The van der Waals surface area contributed by atoms with Gasteiger partial charge in [-0.25, -0.2) is 4.98 Å². The lowest BCUT2D eigenvalue weighted by atomic mass is 10.1. The lowest BCUT2D eigenvalue weighted by Crippen LogP contribution is -2.43. The molecule has 1 unspecified atom stereocenters. The summed E-state index contributed by atoms with van der Waals surface area (Å²) in [6.07, 6.45) is 6.03. The number of nitrogens with one attached hydrogen (secondary N) is 1. The van der Waals surface area contributed by atoms with Crippen LogP contribution in [0.3, 0.4) is 0 Å². The molecule has 0 saturated heterocycles. The Morgan fingerprint density at radius 2 is 2.38 bits per heavy atom. The van der Waals surface area contributed by atoms with Crippen LogP contribution in [0.4, 0.5) is 0 Å². The minimum Gasteiger partial charge on any atom is -0.299 e. The summed E-state index contributed by atoms with van der Waals surface area (Å²) >= 11 is 1.54. The fraction of sp³-hybridized carbons (Fsp3) is 0.545. The van der Waals surface area contributed by atoms with E-state index < -0.39 is 5.54 Å². The number of hydrogen-bond acceptors (Lipinski definition) is 5. The van der Waals surface area contributed by atoms with E-state index in [1.54, 1.807) is 30.4 Å². The Morgan fingerprint density at radius 3 is 2.94 bits per heavy atom. The Labute approximate surface area is 100 Å². The van der Waals surface area contributed by atoms with Gasteiger partial charge >= 0.3 is 0 Å². The second-order valence-electron chi connectivity index (χ2n) is 3.70. The Kier molecular flexibility index (Phi) is 5.23. The maximum atomic E-state index is 9.13. The summed E-state index contributed by atoms with van der Waals surface area (Å²) in [4.78, 5) is 8.15. The first-order chi connectivity index (χ1) is 7.70. The smallest absolute Gasteiger partial charge is 0.114 e. The minimum atomic E-state index is -0.502. The highest BCUT2D eigenvalue weighted by molar-refractivity contribution is 7.99. The lowest BCUT2D eigenvalue weighted by molar-refractivity contribution is 0.493. The molecule has 1 aromatic rings. The van der Waals surface area contributed by atoms with Crippen LogP contribution in [0.5, 0.6) is 0 Å². The highest BCUT2D eigenvalue weighted by atomic mass is 32.2. The third-order valence-corrected chi connectivity index (χ3v) is 3.29. The third-order valence-electron chi connectivity index (χ3n) is 2.06. The molecule has 0 aromatic carbocycles. The van der Waals surface area contributed by atoms with E-state index in [0.717, 1.165) is 18.0 Å². The van der Waals surface area contributed by atoms with Crippen molar-refractivity contribution in [1.82, 2.24) is 15.3 Å². The molecule has 0 amide bonds. The van der Waals surface area contributed by atoms with Gasteiger partial charge < -0.3 is 0 Å². The fourth-order valence-electron chi connectivity index (χ4n) is 1.10. The molecule has 0 aliphatic rings. The topological polar surface area (TPSA) is 61.6 Å². The van der Waals surface area contributed by atoms with E-state index in [-0.39, 0.29) is 0 Å². The highest BCUT2D eigenvalue weighted by Gasteiger charge is 2.22. The summed E-state index contributed by atoms with van der Waals surface area (Å²) < 4.78 is 0. The second kappa shape index (κ2) is 6.46. The molecule has 16 heavy (non-hydrogen) atoms. The molecule has 4 nitrogen and oxygen atoms in total. The van der Waals surface area contributed by atoms with E-state index in [4.69, 9.17) is 5.26 Å². The standard InChI is InChI=1S/C11H16N4S/c1-3-4-15-11(2,8-12)9-16-10-7-13-5-6-14-10/h5-7,15H,3-4,9H2,1-2H3. The monoisotopic (exact) mass is 236 g/mol. The number of nitriles is 1. The van der Waals surface area contributed by atoms with Gasteiger partial charge in [-0.05, 0) is 19.9 Å². The predicted octanol–water partition coefficient (Wildman–Crippen LogP) is 1.85. The van der Waals surface area contributed by atoms with Crippen molar-refractivity contribution in [2.45, 2.75) is 30.8 Å². The van der Waals surface area contributed by atoms with Crippen molar-refractivity contribution in [2.75, 3.05) is 12.3 Å². The van der Waals surface area contributed by atoms with E-state index >= 15 is 0 Å². The van der Waals surface area contributed by atoms with Crippen molar-refractivity contribution >= 4 is 11.8 Å². The summed E-state index contributed by atoms with van der Waals surface area (Å²) in [6.45, 7) is 4.84. The van der Waals surface area contributed by atoms with Gasteiger partial charge in [0, 0.05) is 18.1 Å². The summed E-state index contributed by atoms with van der Waals surface area (Å²) in [5.41, 5.74) is -0.502. The second-order valence-corrected chi connectivity index (χ2v) is 4.70. The molecule has 0 fully saturated rings. The number of aromatic nitrogens is 2. The fourth-order valence-corrected chi connectivity index (χ4v) is 1.98. The number of nitrogens with zero attached hydrogens (tertiary/aromatic N) is 3. The van der Waals surface area contributed by atoms with Gasteiger partial charge in [0.2, 0.25) is 0 Å². The zero-order valence-electron chi connectivity index (χ0n) is 9.60. The molecule has 1 rings (SSSR count). The number of thioether (sulfide) groups is 1. The van der Waals surface area contributed by atoms with Crippen molar-refractivity contribution in [3.05, 3.63) is 18.6 Å². The van der Waals surface area contributed by atoms with Crippen molar-refractivity contribution in [2.24, 2.45) is 0 Å². The summed E-state index contributed by atoms with van der Waals surface area (Å²) in [5, 5.41) is 13.2. The summed E-state index contributed by atoms with van der Waals surface area (Å²) in [5.74, 6) is 0.669. The maximum absolute atomic E-state index is 9.13. The molecule has 86 valence electrons. The molecule has 0 bridgehead atoms. The van der Waals surface area contributed by atoms with Crippen LogP contribution in [0.1, 0.15) is 20.3 Å². The largest absolute Gasteiger partial charge is 0.299 e. The van der Waals surface area contributed by atoms with Crippen LogP contribution in [0.2, 0.25) is 0 Å². The van der Waals surface area contributed by atoms with Crippen LogP contribution >= 0.6 is 11.8 Å². The van der Waals surface area contributed by atoms with Crippen molar-refractivity contribution in [3.63, 3.8) is 0 Å². The molecule has 0 aliphatic heterocycles. The van der Waals surface area contributed by atoms with Gasteiger partial charge in [0.1, 0.15) is 10.6 Å². The lowest BCUT2D eigenvalue weighted by Gasteiger charge is -2.22. The third kappa shape index (κ3) is 4.17. The van der Waals surface area contributed by atoms with E-state index in [1.165, 1.54) is 0 Å². The number of rotatable bonds is 6. The van der Waals surface area contributed by atoms with Crippen LogP contribution in [-0.4, -0.2) is 27.8 Å². The Hall–Kier alpha value is -1.12. The van der Waals surface area contributed by atoms with Crippen LogP contribution in [0, 0.1) is 11.3 Å². The van der Waals surface area contributed by atoms with Gasteiger partial charge in [-0.1, -0.05) is 6.92 Å². The molecule has 0 spiro atoms. The zero-order valence-corrected chi connectivity index (χ0v) is 10.4. The van der Waals surface area contributed by atoms with Crippen molar-refractivity contribution in [1.29, 1.82) is 5.26 Å². The maximum Gasteiger partial charge on any atom is 0.114 e. The van der Waals surface area contributed by atoms with E-state index in [1.807, 2.05) is 6.92 Å². The summed E-state index contributed by atoms with van der Waals surface area (Å²) in [7, 11) is 0. The molecular formula is C11H16N4S. The molecule has 0 radical (unpaired) electrons. The minimum absolute atomic E-state index is 0.502. The Morgan fingerprint density at radius 1 is 1.56 bits per heavy atom. The molecule has 0 aliphatic carbocycles. The van der Waals surface area contributed by atoms with Crippen LogP contribution in [-0.2, 0) is 0 Å². The number of hydrogen-bond donors (Lipinski definition) is 1. The highest BCUT2D eigenvalue weighted by Crippen LogP contribution is 2.19. The predicted molar refractivity (Wildman–Crippen MR) is 65.1 cm³/mol. The first kappa shape index (κ1) is 12.9. The van der Waals surface area contributed by atoms with E-state index in [9.17, 15) is 0 Å². The van der Waals surface area contributed by atoms with Crippen LogP contribution in [0.15, 0.2) is 23.6 Å². The van der Waals surface area contributed by atoms with Crippen LogP contribution in [0.25, 0.3) is 0 Å². The quantitative estimate of drug-likeness (QED) is 0.764. The van der Waals surface area contributed by atoms with Gasteiger partial charge in [-0.2, -0.15) is 5.26 Å². The van der Waals surface area contributed by atoms with E-state index in [0.29, 0.717) is 5.75 Å². The first-order valence-electron chi connectivity index (χ1n) is 5.25. The molecule has 1 heterocycles. The van der Waals surface area contributed by atoms with Crippen molar-refractivity contribution < 1.29 is 0 Å². The van der Waals surface area contributed by atoms with Crippen LogP contribution < -0.4 is 5.32 Å². The average molecular weight is 236 g/mol. The average Bonchev–Trinajstić information content (AvgIpc) is 2.35. The van der Waals surface area contributed by atoms with Gasteiger partial charge in [0.25, 0.3) is 0 Å². The van der Waals surface area contributed by atoms with Gasteiger partial charge in [-0.3, -0.25) is 10.3 Å². The normalized spacial score (nSPS) is 14.1. The molecule has 1 aromatic heterocycles. The Balaban J connectivity index is 2.49. The SMILES string of the molecule is CCCNC(C)(C#N)CSc1cnccn1. The molecule has 5 heteroatoms. The molecular weight excluding hydrogens is 220 g/mol. The zero-order chi connectivity index (χ0) is 11.9. The van der Waals surface area contributed by atoms with Gasteiger partial charge in [0.15, 0.2) is 0 Å². The molecule has 1 N–H and O–H groups in total. The Bertz CT molecular complexity index is 349. The van der Waals surface area contributed by atoms with Crippen molar-refractivity contribution in [3.8, 4) is 6.07 Å². The summed E-state index contributed by atoms with van der Waals surface area (Å²) in [6, 6.07) is 2.30.